The van der Waals surface area contributed by atoms with Gasteiger partial charge in [-0.3, -0.25) is 19.7 Å². The molecule has 4 fully saturated rings. The van der Waals surface area contributed by atoms with Gasteiger partial charge in [-0.25, -0.2) is 0 Å². The Hall–Kier alpha value is -1.93. The number of fused-ring (bicyclic) bond motifs is 7. The lowest BCUT2D eigenvalue weighted by Gasteiger charge is -2.74. The summed E-state index contributed by atoms with van der Waals surface area (Å²) >= 11 is 0. The van der Waals surface area contributed by atoms with Gasteiger partial charge in [-0.1, -0.05) is 67.0 Å². The zero-order valence-electron chi connectivity index (χ0n) is 33.0. The van der Waals surface area contributed by atoms with Crippen molar-refractivity contribution in [3.8, 4) is 0 Å². The van der Waals surface area contributed by atoms with Crippen molar-refractivity contribution in [2.75, 3.05) is 0 Å². The second-order valence-electron chi connectivity index (χ2n) is 20.2. The van der Waals surface area contributed by atoms with Crippen LogP contribution in [-0.2, 0) is 19.1 Å². The number of carbonyl (C=O) groups is 3. The van der Waals surface area contributed by atoms with Gasteiger partial charge < -0.3 is 20.1 Å². The minimum Gasteiger partial charge on any atom is -0.481 e. The Balaban J connectivity index is 1.42. The van der Waals surface area contributed by atoms with Gasteiger partial charge in [-0.05, 0) is 137 Å². The molecular weight excluding hydrogens is 630 g/mol. The summed E-state index contributed by atoms with van der Waals surface area (Å²) in [5.74, 6) is -0.211. The van der Waals surface area contributed by atoms with Crippen LogP contribution >= 0.6 is 0 Å². The Labute approximate surface area is 302 Å². The van der Waals surface area contributed by atoms with Crippen molar-refractivity contribution in [1.82, 2.24) is 5.32 Å². The summed E-state index contributed by atoms with van der Waals surface area (Å²) in [6, 6.07) is -0.777. The van der Waals surface area contributed by atoms with E-state index in [1.54, 1.807) is 13.8 Å². The van der Waals surface area contributed by atoms with E-state index in [2.05, 4.69) is 59.9 Å². The van der Waals surface area contributed by atoms with E-state index in [1.807, 2.05) is 13.8 Å². The summed E-state index contributed by atoms with van der Waals surface area (Å²) in [6.45, 7) is 24.0. The second kappa shape index (κ2) is 13.2. The van der Waals surface area contributed by atoms with Gasteiger partial charge in [0, 0.05) is 10.8 Å². The average Bonchev–Trinajstić information content (AvgIpc) is 2.99. The number of hydrogen-bond donors (Lipinski definition) is 4. The smallest absolute Gasteiger partial charge is 0.320 e. The molecule has 0 saturated heterocycles. The zero-order chi connectivity index (χ0) is 37.4. The van der Waals surface area contributed by atoms with Crippen molar-refractivity contribution < 1.29 is 34.4 Å². The van der Waals surface area contributed by atoms with Crippen LogP contribution in [0.4, 0.5) is 0 Å². The van der Waals surface area contributed by atoms with Crippen LogP contribution in [0, 0.1) is 68.0 Å². The Morgan fingerprint density at radius 2 is 1.60 bits per heavy atom. The Kier molecular flexibility index (Phi) is 10.4. The van der Waals surface area contributed by atoms with Gasteiger partial charge in [0.15, 0.2) is 0 Å². The number of aliphatic hydroxyl groups is 1. The molecule has 0 aliphatic heterocycles. The first-order valence-electron chi connectivity index (χ1n) is 19.7. The van der Waals surface area contributed by atoms with Gasteiger partial charge in [0.05, 0.1) is 11.8 Å². The largest absolute Gasteiger partial charge is 0.481 e. The third-order valence-corrected chi connectivity index (χ3v) is 16.5. The molecule has 0 aromatic carbocycles. The van der Waals surface area contributed by atoms with Gasteiger partial charge in [0.25, 0.3) is 0 Å². The molecule has 0 heterocycles. The molecule has 8 nitrogen and oxygen atoms in total. The standard InChI is InChI=1S/C42H69NO7/c1-24(2)22-28(34(45)46)43-35(47)42-19-14-25(3)26(4)33(42)27-12-13-30-39(9)17-16-31(50-32(44)23-37(5,6)36(48)49)38(7,8)29(39)15-18-41(30,11)40(27,10)20-21-42/h14,24,26-31,33,35,43,47H,12-13,15-23H2,1-11H3,(H,45,46)(H,48,49)/t26-,27?,28+,29+,30-,31+,33-,35?,39+,40-,41-,42+/m1/s1. The van der Waals surface area contributed by atoms with Crippen molar-refractivity contribution in [1.29, 1.82) is 0 Å². The van der Waals surface area contributed by atoms with Crippen LogP contribution in [0.2, 0.25) is 0 Å². The molecule has 12 atom stereocenters. The summed E-state index contributed by atoms with van der Waals surface area (Å²) < 4.78 is 6.16. The normalized spacial score (nSPS) is 42.1. The topological polar surface area (TPSA) is 133 Å². The van der Waals surface area contributed by atoms with Gasteiger partial charge >= 0.3 is 17.9 Å². The summed E-state index contributed by atoms with van der Waals surface area (Å²) in [5.41, 5.74) is -0.145. The molecule has 8 heteroatoms. The highest BCUT2D eigenvalue weighted by molar-refractivity contribution is 5.81. The van der Waals surface area contributed by atoms with E-state index >= 15 is 0 Å². The summed E-state index contributed by atoms with van der Waals surface area (Å²) in [7, 11) is 0. The molecule has 0 aromatic heterocycles. The van der Waals surface area contributed by atoms with Gasteiger partial charge in [0.1, 0.15) is 18.4 Å². The van der Waals surface area contributed by atoms with Crippen LogP contribution in [0.3, 0.4) is 0 Å². The molecular formula is C42H69NO7. The Morgan fingerprint density at radius 3 is 2.20 bits per heavy atom. The fourth-order valence-electron chi connectivity index (χ4n) is 13.3. The number of esters is 1. The number of aliphatic carboxylic acids is 2. The van der Waals surface area contributed by atoms with Crippen molar-refractivity contribution in [3.05, 3.63) is 11.6 Å². The minimum absolute atomic E-state index is 0.0731. The number of rotatable bonds is 10. The summed E-state index contributed by atoms with van der Waals surface area (Å²) in [5, 5.41) is 35.1. The summed E-state index contributed by atoms with van der Waals surface area (Å²) in [6.07, 6.45) is 10.4. The maximum Gasteiger partial charge on any atom is 0.320 e. The monoisotopic (exact) mass is 700 g/mol. The summed E-state index contributed by atoms with van der Waals surface area (Å²) in [4.78, 5) is 37.1. The van der Waals surface area contributed by atoms with E-state index < -0.39 is 41.0 Å². The van der Waals surface area contributed by atoms with E-state index in [0.29, 0.717) is 30.1 Å². The fourth-order valence-corrected chi connectivity index (χ4v) is 13.3. The molecule has 4 saturated carbocycles. The predicted octanol–water partition coefficient (Wildman–Crippen LogP) is 8.46. The first kappa shape index (κ1) is 39.3. The van der Waals surface area contributed by atoms with Crippen molar-refractivity contribution in [2.24, 2.45) is 68.0 Å². The molecule has 5 aliphatic carbocycles. The molecule has 0 bridgehead atoms. The van der Waals surface area contributed by atoms with Crippen LogP contribution < -0.4 is 5.32 Å². The third-order valence-electron chi connectivity index (χ3n) is 16.5. The Bertz CT molecular complexity index is 1370. The zero-order valence-corrected chi connectivity index (χ0v) is 33.0. The minimum atomic E-state index is -1.16. The van der Waals surface area contributed by atoms with E-state index in [9.17, 15) is 29.7 Å². The molecule has 5 aliphatic rings. The number of carbonyl (C=O) groups excluding carboxylic acids is 1. The second-order valence-corrected chi connectivity index (χ2v) is 20.2. The predicted molar refractivity (Wildman–Crippen MR) is 195 cm³/mol. The molecule has 0 spiro atoms. The maximum atomic E-state index is 13.1. The van der Waals surface area contributed by atoms with E-state index in [4.69, 9.17) is 4.74 Å². The SMILES string of the molecule is CC1=CC[C@]2(C(O)N[C@@H](CC(C)C)C(=O)O)CC[C@]3(C)C(CC[C@@H]4[C@@]5(C)CC[C@H](OC(=O)CC(C)(C)C(=O)O)C(C)(C)[C@@H]5CC[C@]43C)[C@H]2[C@@H]1C. The highest BCUT2D eigenvalue weighted by atomic mass is 16.5. The first-order valence-corrected chi connectivity index (χ1v) is 19.7. The lowest BCUT2D eigenvalue weighted by atomic mass is 9.31. The molecule has 2 unspecified atom stereocenters. The quantitative estimate of drug-likeness (QED) is 0.101. The van der Waals surface area contributed by atoms with Crippen LogP contribution in [0.1, 0.15) is 147 Å². The van der Waals surface area contributed by atoms with Crippen LogP contribution in [-0.4, -0.2) is 51.6 Å². The molecule has 0 amide bonds. The highest BCUT2D eigenvalue weighted by Crippen LogP contribution is 2.77. The molecule has 0 radical (unpaired) electrons. The molecule has 50 heavy (non-hydrogen) atoms. The molecule has 4 N–H and O–H groups in total. The van der Waals surface area contributed by atoms with E-state index in [1.165, 1.54) is 5.57 Å². The number of ether oxygens (including phenoxy) is 1. The van der Waals surface area contributed by atoms with Gasteiger partial charge in [-0.15, -0.1) is 0 Å². The number of hydrogen-bond acceptors (Lipinski definition) is 6. The van der Waals surface area contributed by atoms with Crippen LogP contribution in [0.5, 0.6) is 0 Å². The van der Waals surface area contributed by atoms with Crippen molar-refractivity contribution in [3.63, 3.8) is 0 Å². The first-order chi connectivity index (χ1) is 23.0. The third kappa shape index (κ3) is 6.08. The van der Waals surface area contributed by atoms with Gasteiger partial charge in [-0.2, -0.15) is 0 Å². The number of allylic oxidation sites excluding steroid dienone is 2. The fraction of sp³-hybridized carbons (Fsp3) is 0.881. The number of carboxylic acids is 2. The molecule has 0 aromatic rings. The van der Waals surface area contributed by atoms with Crippen LogP contribution in [0.25, 0.3) is 0 Å². The maximum absolute atomic E-state index is 13.1. The van der Waals surface area contributed by atoms with Crippen LogP contribution in [0.15, 0.2) is 11.6 Å². The Morgan fingerprint density at radius 1 is 0.940 bits per heavy atom. The highest BCUT2D eigenvalue weighted by Gasteiger charge is 2.71. The number of nitrogens with one attached hydrogen (secondary N) is 1. The average molecular weight is 700 g/mol. The lowest BCUT2D eigenvalue weighted by molar-refractivity contribution is -0.262. The van der Waals surface area contributed by atoms with Crippen molar-refractivity contribution >= 4 is 17.9 Å². The molecule has 284 valence electrons. The van der Waals surface area contributed by atoms with Crippen molar-refractivity contribution in [2.45, 2.75) is 165 Å². The lowest BCUT2D eigenvalue weighted by Crippen LogP contribution is -2.69. The van der Waals surface area contributed by atoms with E-state index in [0.717, 1.165) is 57.8 Å². The van der Waals surface area contributed by atoms with E-state index in [-0.39, 0.29) is 46.0 Å². The number of aliphatic hydroxyl groups excluding tert-OH is 1. The van der Waals surface area contributed by atoms with Gasteiger partial charge in [0.2, 0.25) is 0 Å². The number of carboxylic acid groups (broad SMARTS) is 2. The molecule has 5 rings (SSSR count).